The molecule has 2 aliphatic heterocycles. The summed E-state index contributed by atoms with van der Waals surface area (Å²) in [5.41, 5.74) is 7.39. The van der Waals surface area contributed by atoms with E-state index in [1.165, 1.54) is 11.0 Å². The van der Waals surface area contributed by atoms with Crippen molar-refractivity contribution in [3.05, 3.63) is 92.4 Å². The molecule has 0 aliphatic carbocycles. The van der Waals surface area contributed by atoms with Crippen molar-refractivity contribution in [2.24, 2.45) is 0 Å². The normalized spacial score (nSPS) is 15.4. The van der Waals surface area contributed by atoms with Crippen LogP contribution >= 0.6 is 9.24 Å². The SMILES string of the molecule is C/C(=C\c1c(-n2ccc3c(c2=O)CCN3)ccnc1C)CN1CC=C(c2c(F)cc(C(=O)N(C)C)cc2P)CC1. The molecule has 5 rings (SSSR count). The average Bonchev–Trinajstić information content (AvgIpc) is 3.40. The van der Waals surface area contributed by atoms with Gasteiger partial charge in [0.25, 0.3) is 11.5 Å². The maximum absolute atomic E-state index is 15.1. The van der Waals surface area contributed by atoms with E-state index in [-0.39, 0.29) is 17.3 Å². The molecule has 40 heavy (non-hydrogen) atoms. The molecule has 0 spiro atoms. The number of carbonyl (C=O) groups excluding carboxylic acids is 1. The summed E-state index contributed by atoms with van der Waals surface area (Å²) in [6.07, 6.45) is 9.22. The third kappa shape index (κ3) is 5.51. The van der Waals surface area contributed by atoms with Crippen LogP contribution in [0.25, 0.3) is 17.3 Å². The van der Waals surface area contributed by atoms with Crippen LogP contribution in [0.2, 0.25) is 0 Å². The van der Waals surface area contributed by atoms with Gasteiger partial charge in [0, 0.05) is 86.3 Å². The molecule has 0 radical (unpaired) electrons. The number of aryl methyl sites for hydroxylation is 1. The fraction of sp³-hybridized carbons (Fsp3) is 0.323. The van der Waals surface area contributed by atoms with E-state index in [1.54, 1.807) is 30.9 Å². The zero-order chi connectivity index (χ0) is 28.6. The van der Waals surface area contributed by atoms with Crippen LogP contribution in [0.5, 0.6) is 0 Å². The summed E-state index contributed by atoms with van der Waals surface area (Å²) in [6, 6.07) is 6.93. The Hall–Kier alpha value is -3.61. The molecule has 1 atom stereocenters. The topological polar surface area (TPSA) is 70.5 Å². The predicted octanol–water partition coefficient (Wildman–Crippen LogP) is 4.04. The van der Waals surface area contributed by atoms with Crippen LogP contribution in [0.15, 0.2) is 53.1 Å². The second-order valence-electron chi connectivity index (χ2n) is 10.7. The van der Waals surface area contributed by atoms with E-state index >= 15 is 4.39 Å². The molecule has 4 heterocycles. The van der Waals surface area contributed by atoms with Crippen LogP contribution < -0.4 is 16.2 Å². The van der Waals surface area contributed by atoms with Gasteiger partial charge in [-0.3, -0.25) is 24.0 Å². The fourth-order valence-corrected chi connectivity index (χ4v) is 6.03. The summed E-state index contributed by atoms with van der Waals surface area (Å²) in [5, 5.41) is 3.96. The summed E-state index contributed by atoms with van der Waals surface area (Å²) < 4.78 is 16.8. The Labute approximate surface area is 236 Å². The molecule has 1 amide bonds. The summed E-state index contributed by atoms with van der Waals surface area (Å²) in [4.78, 5) is 33.8. The number of hydrogen-bond donors (Lipinski definition) is 1. The number of nitrogens with one attached hydrogen (secondary N) is 1. The highest BCUT2D eigenvalue weighted by Crippen LogP contribution is 2.27. The van der Waals surface area contributed by atoms with Crippen molar-refractivity contribution in [3.8, 4) is 5.69 Å². The number of fused-ring (bicyclic) bond motifs is 1. The smallest absolute Gasteiger partial charge is 0.260 e. The third-order valence-corrected chi connectivity index (χ3v) is 8.02. The molecule has 2 aliphatic rings. The number of aromatic nitrogens is 2. The van der Waals surface area contributed by atoms with E-state index in [0.717, 1.165) is 65.4 Å². The summed E-state index contributed by atoms with van der Waals surface area (Å²) in [6.45, 7) is 7.06. The molecule has 208 valence electrons. The number of benzene rings is 1. The largest absolute Gasteiger partial charge is 0.384 e. The summed E-state index contributed by atoms with van der Waals surface area (Å²) in [7, 11) is 5.90. The Kier molecular flexibility index (Phi) is 8.02. The van der Waals surface area contributed by atoms with Gasteiger partial charge in [0.15, 0.2) is 0 Å². The minimum atomic E-state index is -0.370. The van der Waals surface area contributed by atoms with Gasteiger partial charge in [0.2, 0.25) is 0 Å². The molecule has 0 fully saturated rings. The lowest BCUT2D eigenvalue weighted by atomic mass is 9.97. The fourth-order valence-electron chi connectivity index (χ4n) is 5.52. The van der Waals surface area contributed by atoms with Crippen molar-refractivity contribution in [2.45, 2.75) is 26.7 Å². The van der Waals surface area contributed by atoms with E-state index in [9.17, 15) is 9.59 Å². The first kappa shape index (κ1) is 27.9. The van der Waals surface area contributed by atoms with Crippen molar-refractivity contribution < 1.29 is 9.18 Å². The standard InChI is InChI=1S/C31H35FN5O2P/c1-19(15-24-20(2)33-11-6-27(24)37-14-9-26-23(31(37)39)5-10-34-26)18-36-12-7-21(8-13-36)29-25(32)16-22(17-28(29)40)30(38)35(3)4/h6-7,9,11,14-17,34H,5,8,10,12-13,18,40H2,1-4H3/b19-15+. The van der Waals surface area contributed by atoms with Gasteiger partial charge < -0.3 is 10.2 Å². The summed E-state index contributed by atoms with van der Waals surface area (Å²) in [5.74, 6) is -0.587. The number of amides is 1. The lowest BCUT2D eigenvalue weighted by Gasteiger charge is -2.27. The van der Waals surface area contributed by atoms with Gasteiger partial charge in [-0.15, -0.1) is 9.24 Å². The Morgan fingerprint density at radius 3 is 2.75 bits per heavy atom. The monoisotopic (exact) mass is 559 g/mol. The van der Waals surface area contributed by atoms with Crippen LogP contribution in [-0.4, -0.2) is 65.5 Å². The first-order chi connectivity index (χ1) is 19.1. The molecule has 1 N–H and O–H groups in total. The summed E-state index contributed by atoms with van der Waals surface area (Å²) >= 11 is 0. The van der Waals surface area contributed by atoms with E-state index in [0.29, 0.717) is 29.4 Å². The number of nitrogens with zero attached hydrogens (tertiary/aromatic N) is 4. The number of hydrogen-bond acceptors (Lipinski definition) is 5. The van der Waals surface area contributed by atoms with Gasteiger partial charge in [0.1, 0.15) is 5.82 Å². The van der Waals surface area contributed by atoms with Crippen LogP contribution in [0, 0.1) is 12.7 Å². The quantitative estimate of drug-likeness (QED) is 0.462. The number of halogens is 1. The molecular formula is C31H35FN5O2P. The second kappa shape index (κ2) is 11.5. The van der Waals surface area contributed by atoms with E-state index < -0.39 is 0 Å². The van der Waals surface area contributed by atoms with Gasteiger partial charge in [-0.2, -0.15) is 0 Å². The first-order valence-corrected chi connectivity index (χ1v) is 14.1. The molecule has 1 aromatic carbocycles. The number of anilines is 1. The first-order valence-electron chi connectivity index (χ1n) is 13.5. The highest BCUT2D eigenvalue weighted by atomic mass is 31.0. The van der Waals surface area contributed by atoms with Gasteiger partial charge in [-0.05, 0) is 61.8 Å². The van der Waals surface area contributed by atoms with Gasteiger partial charge in [-0.25, -0.2) is 4.39 Å². The molecule has 9 heteroatoms. The highest BCUT2D eigenvalue weighted by molar-refractivity contribution is 7.27. The Morgan fingerprint density at radius 1 is 1.25 bits per heavy atom. The van der Waals surface area contributed by atoms with Gasteiger partial charge in [0.05, 0.1) is 5.69 Å². The molecule has 1 unspecified atom stereocenters. The zero-order valence-corrected chi connectivity index (χ0v) is 24.6. The Balaban J connectivity index is 1.35. The lowest BCUT2D eigenvalue weighted by Crippen LogP contribution is -2.31. The van der Waals surface area contributed by atoms with Crippen molar-refractivity contribution in [1.82, 2.24) is 19.4 Å². The van der Waals surface area contributed by atoms with Gasteiger partial charge in [-0.1, -0.05) is 17.7 Å². The highest BCUT2D eigenvalue weighted by Gasteiger charge is 2.21. The predicted molar refractivity (Wildman–Crippen MR) is 163 cm³/mol. The van der Waals surface area contributed by atoms with Crippen molar-refractivity contribution in [2.75, 3.05) is 45.6 Å². The number of pyridine rings is 2. The Bertz CT molecular complexity index is 1580. The van der Waals surface area contributed by atoms with E-state index in [4.69, 9.17) is 0 Å². The van der Waals surface area contributed by atoms with Crippen LogP contribution in [0.3, 0.4) is 0 Å². The second-order valence-corrected chi connectivity index (χ2v) is 11.3. The lowest BCUT2D eigenvalue weighted by molar-refractivity contribution is 0.0827. The minimum Gasteiger partial charge on any atom is -0.384 e. The van der Waals surface area contributed by atoms with E-state index in [1.807, 2.05) is 25.3 Å². The molecule has 0 bridgehead atoms. The number of rotatable bonds is 6. The maximum atomic E-state index is 15.1. The van der Waals surface area contributed by atoms with Crippen LogP contribution in [0.4, 0.5) is 10.1 Å². The number of carbonyl (C=O) groups is 1. The molecule has 2 aromatic heterocycles. The minimum absolute atomic E-state index is 0.00824. The molecule has 3 aromatic rings. The third-order valence-electron chi connectivity index (χ3n) is 7.56. The molecule has 7 nitrogen and oxygen atoms in total. The van der Waals surface area contributed by atoms with Gasteiger partial charge >= 0.3 is 0 Å². The van der Waals surface area contributed by atoms with Crippen molar-refractivity contribution in [3.63, 3.8) is 0 Å². The molecular weight excluding hydrogens is 524 g/mol. The van der Waals surface area contributed by atoms with Crippen molar-refractivity contribution in [1.29, 1.82) is 0 Å². The Morgan fingerprint density at radius 2 is 2.05 bits per heavy atom. The van der Waals surface area contributed by atoms with E-state index in [2.05, 4.69) is 43.5 Å². The van der Waals surface area contributed by atoms with Crippen molar-refractivity contribution >= 4 is 37.8 Å². The van der Waals surface area contributed by atoms with Crippen LogP contribution in [-0.2, 0) is 6.42 Å². The molecule has 0 saturated heterocycles. The van der Waals surface area contributed by atoms with Crippen LogP contribution in [0.1, 0.15) is 46.1 Å². The average molecular weight is 560 g/mol. The zero-order valence-electron chi connectivity index (χ0n) is 23.4. The molecule has 0 saturated carbocycles. The maximum Gasteiger partial charge on any atom is 0.260 e.